The SMILES string of the molecule is Cl.O=C(c1cc(-c2ccco2)on1)N(Cc1ccsc1)C1CC12CCNCC2. The van der Waals surface area contributed by atoms with Crippen molar-refractivity contribution in [2.45, 2.75) is 31.8 Å². The fourth-order valence-electron chi connectivity index (χ4n) is 4.19. The number of halogens is 1. The normalized spacial score (nSPS) is 19.9. The first kappa shape index (κ1) is 19.2. The van der Waals surface area contributed by atoms with Crippen molar-refractivity contribution in [1.29, 1.82) is 0 Å². The van der Waals surface area contributed by atoms with Crippen molar-refractivity contribution in [2.75, 3.05) is 13.1 Å². The molecule has 8 heteroatoms. The van der Waals surface area contributed by atoms with Crippen LogP contribution in [-0.4, -0.2) is 35.1 Å². The summed E-state index contributed by atoms with van der Waals surface area (Å²) in [5.41, 5.74) is 1.77. The summed E-state index contributed by atoms with van der Waals surface area (Å²) in [5.74, 6) is 0.988. The van der Waals surface area contributed by atoms with E-state index in [1.54, 1.807) is 35.8 Å². The van der Waals surface area contributed by atoms with Gasteiger partial charge in [-0.3, -0.25) is 4.79 Å². The highest BCUT2D eigenvalue weighted by molar-refractivity contribution is 7.07. The predicted octanol–water partition coefficient (Wildman–Crippen LogP) is 4.20. The third kappa shape index (κ3) is 3.50. The van der Waals surface area contributed by atoms with Crippen molar-refractivity contribution in [2.24, 2.45) is 5.41 Å². The highest BCUT2D eigenvalue weighted by Crippen LogP contribution is 2.56. The Morgan fingerprint density at radius 1 is 1.32 bits per heavy atom. The van der Waals surface area contributed by atoms with E-state index in [4.69, 9.17) is 8.94 Å². The van der Waals surface area contributed by atoms with Gasteiger partial charge in [-0.15, -0.1) is 12.4 Å². The van der Waals surface area contributed by atoms with Crippen LogP contribution in [0.4, 0.5) is 0 Å². The lowest BCUT2D eigenvalue weighted by molar-refractivity contribution is 0.0682. The Labute approximate surface area is 173 Å². The largest absolute Gasteiger partial charge is 0.461 e. The molecule has 1 unspecified atom stereocenters. The lowest BCUT2D eigenvalue weighted by Gasteiger charge is -2.29. The summed E-state index contributed by atoms with van der Waals surface area (Å²) < 4.78 is 10.7. The minimum Gasteiger partial charge on any atom is -0.461 e. The van der Waals surface area contributed by atoms with Gasteiger partial charge in [-0.05, 0) is 72.3 Å². The molecule has 1 atom stereocenters. The van der Waals surface area contributed by atoms with E-state index in [0.29, 0.717) is 23.8 Å². The van der Waals surface area contributed by atoms with Crippen molar-refractivity contribution in [1.82, 2.24) is 15.4 Å². The van der Waals surface area contributed by atoms with Gasteiger partial charge in [0.15, 0.2) is 11.5 Å². The second-order valence-corrected chi connectivity index (χ2v) is 8.23. The average Bonchev–Trinajstić information content (AvgIpc) is 3.25. The number of carbonyl (C=O) groups excluding carboxylic acids is 1. The molecule has 28 heavy (non-hydrogen) atoms. The van der Waals surface area contributed by atoms with Crippen molar-refractivity contribution in [3.63, 3.8) is 0 Å². The first-order valence-corrected chi connectivity index (χ1v) is 10.2. The fourth-order valence-corrected chi connectivity index (χ4v) is 4.85. The number of amides is 1. The van der Waals surface area contributed by atoms with Crippen LogP contribution in [0.15, 0.2) is 50.2 Å². The second kappa shape index (κ2) is 7.73. The number of rotatable bonds is 5. The van der Waals surface area contributed by atoms with Gasteiger partial charge in [-0.2, -0.15) is 11.3 Å². The minimum absolute atomic E-state index is 0. The Kier molecular flexibility index (Phi) is 5.31. The second-order valence-electron chi connectivity index (χ2n) is 7.45. The summed E-state index contributed by atoms with van der Waals surface area (Å²) in [4.78, 5) is 15.3. The molecular weight excluding hydrogens is 398 g/mol. The molecule has 0 bridgehead atoms. The number of thiophene rings is 1. The Hall–Kier alpha value is -2.09. The number of carbonyl (C=O) groups is 1. The van der Waals surface area contributed by atoms with E-state index in [2.05, 4.69) is 27.3 Å². The van der Waals surface area contributed by atoms with Crippen LogP contribution in [-0.2, 0) is 6.54 Å². The number of hydrogen-bond donors (Lipinski definition) is 1. The molecule has 1 spiro atoms. The number of nitrogens with zero attached hydrogens (tertiary/aromatic N) is 2. The Morgan fingerprint density at radius 2 is 2.18 bits per heavy atom. The highest BCUT2D eigenvalue weighted by Gasteiger charge is 2.58. The molecule has 4 heterocycles. The molecular formula is C20H22ClN3O3S. The first-order valence-electron chi connectivity index (χ1n) is 9.29. The number of aromatic nitrogens is 1. The van der Waals surface area contributed by atoms with Gasteiger partial charge >= 0.3 is 0 Å². The Balaban J connectivity index is 0.00000192. The van der Waals surface area contributed by atoms with Crippen molar-refractivity contribution in [3.05, 3.63) is 52.5 Å². The molecule has 5 rings (SSSR count). The van der Waals surface area contributed by atoms with Gasteiger partial charge in [0.1, 0.15) is 0 Å². The maximum Gasteiger partial charge on any atom is 0.276 e. The van der Waals surface area contributed by atoms with Crippen LogP contribution in [0.3, 0.4) is 0 Å². The molecule has 1 saturated carbocycles. The molecule has 1 amide bonds. The van der Waals surface area contributed by atoms with E-state index in [-0.39, 0.29) is 29.8 Å². The average molecular weight is 420 g/mol. The van der Waals surface area contributed by atoms with Crippen LogP contribution in [0.1, 0.15) is 35.3 Å². The van der Waals surface area contributed by atoms with E-state index in [1.165, 1.54) is 5.56 Å². The maximum atomic E-state index is 13.3. The summed E-state index contributed by atoms with van der Waals surface area (Å²) in [6, 6.07) is 7.62. The van der Waals surface area contributed by atoms with Gasteiger partial charge in [-0.1, -0.05) is 5.16 Å². The van der Waals surface area contributed by atoms with Gasteiger partial charge in [-0.25, -0.2) is 0 Å². The minimum atomic E-state index is -0.0665. The molecule has 3 aromatic heterocycles. The molecule has 148 valence electrons. The summed E-state index contributed by atoms with van der Waals surface area (Å²) in [6.07, 6.45) is 4.91. The molecule has 6 nitrogen and oxygen atoms in total. The van der Waals surface area contributed by atoms with E-state index < -0.39 is 0 Å². The highest BCUT2D eigenvalue weighted by atomic mass is 35.5. The van der Waals surface area contributed by atoms with Crippen molar-refractivity contribution >= 4 is 29.7 Å². The maximum absolute atomic E-state index is 13.3. The predicted molar refractivity (Wildman–Crippen MR) is 109 cm³/mol. The molecule has 1 N–H and O–H groups in total. The number of nitrogens with one attached hydrogen (secondary N) is 1. The van der Waals surface area contributed by atoms with Gasteiger partial charge in [0, 0.05) is 18.7 Å². The van der Waals surface area contributed by atoms with E-state index in [0.717, 1.165) is 32.4 Å². The first-order chi connectivity index (χ1) is 13.3. The quantitative estimate of drug-likeness (QED) is 0.670. The molecule has 1 aliphatic heterocycles. The standard InChI is InChI=1S/C20H21N3O3S.ClH/c24-19(15-10-17(26-22-15)16-2-1-8-25-16)23(12-14-3-9-27-13-14)18-11-20(18)4-6-21-7-5-20;/h1-3,8-10,13,18,21H,4-7,11-12H2;1H. The fraction of sp³-hybridized carbons (Fsp3) is 0.400. The number of piperidine rings is 1. The molecule has 0 aromatic carbocycles. The molecule has 1 saturated heterocycles. The lowest BCUT2D eigenvalue weighted by atomic mass is 9.93. The van der Waals surface area contributed by atoms with Crippen LogP contribution in [0.2, 0.25) is 0 Å². The zero-order valence-corrected chi connectivity index (χ0v) is 16.9. The lowest BCUT2D eigenvalue weighted by Crippen LogP contribution is -2.39. The summed E-state index contributed by atoms with van der Waals surface area (Å²) in [7, 11) is 0. The molecule has 1 aliphatic carbocycles. The molecule has 0 radical (unpaired) electrons. The zero-order valence-electron chi connectivity index (χ0n) is 15.3. The zero-order chi connectivity index (χ0) is 18.3. The van der Waals surface area contributed by atoms with Gasteiger partial charge in [0.25, 0.3) is 5.91 Å². The third-order valence-electron chi connectivity index (χ3n) is 5.81. The van der Waals surface area contributed by atoms with Gasteiger partial charge in [0.2, 0.25) is 5.76 Å². The third-order valence-corrected chi connectivity index (χ3v) is 6.54. The molecule has 2 aliphatic rings. The summed E-state index contributed by atoms with van der Waals surface area (Å²) in [5, 5.41) is 11.6. The van der Waals surface area contributed by atoms with Crippen molar-refractivity contribution in [3.8, 4) is 11.5 Å². The Morgan fingerprint density at radius 3 is 2.89 bits per heavy atom. The van der Waals surface area contributed by atoms with E-state index in [9.17, 15) is 4.79 Å². The van der Waals surface area contributed by atoms with Gasteiger partial charge in [0.05, 0.1) is 6.26 Å². The summed E-state index contributed by atoms with van der Waals surface area (Å²) >= 11 is 1.66. The topological polar surface area (TPSA) is 71.5 Å². The van der Waals surface area contributed by atoms with Crippen LogP contribution in [0.5, 0.6) is 0 Å². The smallest absolute Gasteiger partial charge is 0.276 e. The molecule has 3 aromatic rings. The van der Waals surface area contributed by atoms with E-state index in [1.807, 2.05) is 4.90 Å². The van der Waals surface area contributed by atoms with Crippen LogP contribution in [0, 0.1) is 5.41 Å². The van der Waals surface area contributed by atoms with E-state index >= 15 is 0 Å². The number of hydrogen-bond acceptors (Lipinski definition) is 6. The monoisotopic (exact) mass is 419 g/mol. The van der Waals surface area contributed by atoms with Gasteiger partial charge < -0.3 is 19.2 Å². The Bertz CT molecular complexity index is 917. The number of furan rings is 1. The van der Waals surface area contributed by atoms with Crippen LogP contribution in [0.25, 0.3) is 11.5 Å². The summed E-state index contributed by atoms with van der Waals surface area (Å²) in [6.45, 7) is 2.68. The van der Waals surface area contributed by atoms with Crippen LogP contribution >= 0.6 is 23.7 Å². The van der Waals surface area contributed by atoms with Crippen molar-refractivity contribution < 1.29 is 13.7 Å². The van der Waals surface area contributed by atoms with Crippen LogP contribution < -0.4 is 5.32 Å². The molecule has 2 fully saturated rings.